The summed E-state index contributed by atoms with van der Waals surface area (Å²) in [6, 6.07) is -0.387. The third-order valence-corrected chi connectivity index (χ3v) is 2.64. The van der Waals surface area contributed by atoms with Gasteiger partial charge in [-0.15, -0.1) is 0 Å². The number of aliphatic carboxylic acids is 1. The van der Waals surface area contributed by atoms with E-state index in [1.54, 1.807) is 7.11 Å². The summed E-state index contributed by atoms with van der Waals surface area (Å²) < 4.78 is 4.78. The SMILES string of the molecule is COCCNC(=O)CNC(=O)NCCCCCCC(=O)O. The van der Waals surface area contributed by atoms with Crippen LogP contribution >= 0.6 is 0 Å². The number of unbranched alkanes of at least 4 members (excludes halogenated alkanes) is 3. The highest BCUT2D eigenvalue weighted by Crippen LogP contribution is 2.01. The number of carboxylic acids is 1. The zero-order valence-corrected chi connectivity index (χ0v) is 12.4. The molecule has 0 aromatic rings. The lowest BCUT2D eigenvalue weighted by Gasteiger charge is -2.08. The van der Waals surface area contributed by atoms with Crippen LogP contribution < -0.4 is 16.0 Å². The van der Waals surface area contributed by atoms with Crippen LogP contribution in [-0.2, 0) is 14.3 Å². The van der Waals surface area contributed by atoms with Crippen LogP contribution in [0.1, 0.15) is 32.1 Å². The van der Waals surface area contributed by atoms with Crippen LogP contribution in [0.2, 0.25) is 0 Å². The summed E-state index contributed by atoms with van der Waals surface area (Å²) in [5.41, 5.74) is 0. The monoisotopic (exact) mass is 303 g/mol. The van der Waals surface area contributed by atoms with Gasteiger partial charge < -0.3 is 25.8 Å². The van der Waals surface area contributed by atoms with E-state index in [0.29, 0.717) is 26.1 Å². The number of amides is 3. The Morgan fingerprint density at radius 3 is 2.33 bits per heavy atom. The van der Waals surface area contributed by atoms with Crippen LogP contribution in [0.15, 0.2) is 0 Å². The summed E-state index contributed by atoms with van der Waals surface area (Å²) in [5.74, 6) is -1.05. The maximum absolute atomic E-state index is 11.4. The number of carbonyl (C=O) groups is 3. The average Bonchev–Trinajstić information content (AvgIpc) is 2.44. The van der Waals surface area contributed by atoms with Gasteiger partial charge in [-0.3, -0.25) is 9.59 Å². The van der Waals surface area contributed by atoms with E-state index in [1.807, 2.05) is 0 Å². The number of carbonyl (C=O) groups excluding carboxylic acids is 2. The summed E-state index contributed by atoms with van der Waals surface area (Å²) in [7, 11) is 1.54. The largest absolute Gasteiger partial charge is 0.481 e. The predicted molar refractivity (Wildman–Crippen MR) is 77.0 cm³/mol. The molecule has 8 nitrogen and oxygen atoms in total. The minimum Gasteiger partial charge on any atom is -0.481 e. The summed E-state index contributed by atoms with van der Waals surface area (Å²) >= 11 is 0. The van der Waals surface area contributed by atoms with Crippen molar-refractivity contribution in [3.05, 3.63) is 0 Å². The first-order chi connectivity index (χ1) is 10.1. The molecule has 0 heterocycles. The van der Waals surface area contributed by atoms with Crippen molar-refractivity contribution in [1.29, 1.82) is 0 Å². The van der Waals surface area contributed by atoms with Gasteiger partial charge in [-0.05, 0) is 12.8 Å². The first-order valence-corrected chi connectivity index (χ1v) is 7.05. The zero-order valence-electron chi connectivity index (χ0n) is 12.4. The van der Waals surface area contributed by atoms with Gasteiger partial charge in [0.25, 0.3) is 0 Å². The lowest BCUT2D eigenvalue weighted by molar-refractivity contribution is -0.137. The van der Waals surface area contributed by atoms with E-state index in [2.05, 4.69) is 16.0 Å². The molecule has 0 saturated heterocycles. The van der Waals surface area contributed by atoms with Crippen molar-refractivity contribution in [3.63, 3.8) is 0 Å². The highest BCUT2D eigenvalue weighted by molar-refractivity contribution is 5.83. The molecule has 0 rings (SSSR count). The molecule has 0 aromatic heterocycles. The molecule has 0 aliphatic heterocycles. The van der Waals surface area contributed by atoms with Crippen molar-refractivity contribution in [2.45, 2.75) is 32.1 Å². The molecule has 0 bridgehead atoms. The van der Waals surface area contributed by atoms with E-state index in [1.165, 1.54) is 0 Å². The van der Waals surface area contributed by atoms with Crippen LogP contribution in [0.3, 0.4) is 0 Å². The van der Waals surface area contributed by atoms with Crippen molar-refractivity contribution in [1.82, 2.24) is 16.0 Å². The standard InChI is InChI=1S/C13H25N3O5/c1-21-9-8-14-11(17)10-16-13(20)15-7-5-3-2-4-6-12(18)19/h2-10H2,1H3,(H,14,17)(H,18,19)(H2,15,16,20). The molecule has 0 atom stereocenters. The minimum atomic E-state index is -0.781. The number of ether oxygens (including phenoxy) is 1. The number of rotatable bonds is 12. The third kappa shape index (κ3) is 14.4. The molecule has 0 unspecified atom stereocenters. The summed E-state index contributed by atoms with van der Waals surface area (Å²) in [5, 5.41) is 16.1. The molecule has 0 radical (unpaired) electrons. The maximum Gasteiger partial charge on any atom is 0.315 e. The molecule has 3 amide bonds. The predicted octanol–water partition coefficient (Wildman–Crippen LogP) is 0.0833. The second kappa shape index (κ2) is 13.2. The smallest absolute Gasteiger partial charge is 0.315 e. The van der Waals surface area contributed by atoms with E-state index in [4.69, 9.17) is 9.84 Å². The topological polar surface area (TPSA) is 117 Å². The van der Waals surface area contributed by atoms with Crippen LogP contribution in [0.4, 0.5) is 4.79 Å². The molecule has 0 saturated carbocycles. The Morgan fingerprint density at radius 2 is 1.67 bits per heavy atom. The fourth-order valence-electron chi connectivity index (χ4n) is 1.53. The fraction of sp³-hybridized carbons (Fsp3) is 0.769. The number of urea groups is 1. The molecular weight excluding hydrogens is 278 g/mol. The van der Waals surface area contributed by atoms with E-state index in [-0.39, 0.29) is 24.9 Å². The summed E-state index contributed by atoms with van der Waals surface area (Å²) in [6.07, 6.45) is 3.32. The Bertz CT molecular complexity index is 323. The average molecular weight is 303 g/mol. The highest BCUT2D eigenvalue weighted by Gasteiger charge is 2.04. The van der Waals surface area contributed by atoms with Gasteiger partial charge in [0, 0.05) is 26.6 Å². The van der Waals surface area contributed by atoms with E-state index >= 15 is 0 Å². The molecule has 0 aliphatic rings. The number of nitrogens with one attached hydrogen (secondary N) is 3. The van der Waals surface area contributed by atoms with Crippen LogP contribution in [-0.4, -0.2) is 56.4 Å². The van der Waals surface area contributed by atoms with E-state index in [9.17, 15) is 14.4 Å². The fourth-order valence-corrected chi connectivity index (χ4v) is 1.53. The maximum atomic E-state index is 11.4. The molecule has 4 N–H and O–H groups in total. The van der Waals surface area contributed by atoms with Crippen LogP contribution in [0, 0.1) is 0 Å². The van der Waals surface area contributed by atoms with Gasteiger partial charge in [0.05, 0.1) is 13.2 Å². The summed E-state index contributed by atoms with van der Waals surface area (Å²) in [6.45, 7) is 1.27. The van der Waals surface area contributed by atoms with Gasteiger partial charge in [-0.1, -0.05) is 12.8 Å². The van der Waals surface area contributed by atoms with Gasteiger partial charge in [-0.25, -0.2) is 4.79 Å². The van der Waals surface area contributed by atoms with E-state index < -0.39 is 5.97 Å². The van der Waals surface area contributed by atoms with Crippen molar-refractivity contribution in [3.8, 4) is 0 Å². The number of carboxylic acid groups (broad SMARTS) is 1. The van der Waals surface area contributed by atoms with Crippen LogP contribution in [0.5, 0.6) is 0 Å². The second-order valence-electron chi connectivity index (χ2n) is 4.51. The molecule has 0 aliphatic carbocycles. The Morgan fingerprint density at radius 1 is 0.952 bits per heavy atom. The second-order valence-corrected chi connectivity index (χ2v) is 4.51. The Hall–Kier alpha value is -1.83. The normalized spacial score (nSPS) is 9.95. The molecular formula is C13H25N3O5. The van der Waals surface area contributed by atoms with Gasteiger partial charge >= 0.3 is 12.0 Å². The number of hydrogen-bond donors (Lipinski definition) is 4. The molecule has 21 heavy (non-hydrogen) atoms. The number of methoxy groups -OCH3 is 1. The van der Waals surface area contributed by atoms with Crippen LogP contribution in [0.25, 0.3) is 0 Å². The quantitative estimate of drug-likeness (QED) is 0.381. The first kappa shape index (κ1) is 19.2. The van der Waals surface area contributed by atoms with Gasteiger partial charge in [0.2, 0.25) is 5.91 Å². The molecule has 0 aromatic carbocycles. The molecule has 8 heteroatoms. The Balaban J connectivity index is 3.38. The molecule has 0 spiro atoms. The third-order valence-electron chi connectivity index (χ3n) is 2.64. The van der Waals surface area contributed by atoms with E-state index in [0.717, 1.165) is 19.3 Å². The Kier molecular flexibility index (Phi) is 12.0. The summed E-state index contributed by atoms with van der Waals surface area (Å²) in [4.78, 5) is 32.9. The molecule has 122 valence electrons. The van der Waals surface area contributed by atoms with Gasteiger partial charge in [0.15, 0.2) is 0 Å². The lowest BCUT2D eigenvalue weighted by atomic mass is 10.1. The zero-order chi connectivity index (χ0) is 15.9. The Labute approximate surface area is 124 Å². The van der Waals surface area contributed by atoms with Crippen molar-refractivity contribution in [2.75, 3.05) is 33.4 Å². The molecule has 0 fully saturated rings. The number of hydrogen-bond acceptors (Lipinski definition) is 4. The lowest BCUT2D eigenvalue weighted by Crippen LogP contribution is -2.42. The van der Waals surface area contributed by atoms with Crippen molar-refractivity contribution < 1.29 is 24.2 Å². The first-order valence-electron chi connectivity index (χ1n) is 7.05. The van der Waals surface area contributed by atoms with Gasteiger partial charge in [0.1, 0.15) is 0 Å². The van der Waals surface area contributed by atoms with Crippen molar-refractivity contribution >= 4 is 17.9 Å². The van der Waals surface area contributed by atoms with Crippen molar-refractivity contribution in [2.24, 2.45) is 0 Å². The highest BCUT2D eigenvalue weighted by atomic mass is 16.5. The van der Waals surface area contributed by atoms with Gasteiger partial charge in [-0.2, -0.15) is 0 Å². The minimum absolute atomic E-state index is 0.0752.